The van der Waals surface area contributed by atoms with Crippen LogP contribution in [0.4, 0.5) is 4.79 Å². The Morgan fingerprint density at radius 3 is 2.41 bits per heavy atom. The van der Waals surface area contributed by atoms with Crippen molar-refractivity contribution < 1.29 is 15.0 Å². The predicted molar refractivity (Wildman–Crippen MR) is 84.7 cm³/mol. The van der Waals surface area contributed by atoms with Crippen molar-refractivity contribution in [2.45, 2.75) is 51.2 Å². The maximum atomic E-state index is 11.5. The summed E-state index contributed by atoms with van der Waals surface area (Å²) in [5.74, 6) is 0.108. The average Bonchev–Trinajstić information content (AvgIpc) is 3.15. The first-order chi connectivity index (χ1) is 10.4. The van der Waals surface area contributed by atoms with Gasteiger partial charge in [-0.25, -0.2) is 4.79 Å². The number of benzene rings is 1. The summed E-state index contributed by atoms with van der Waals surface area (Å²) in [5, 5.41) is 20.9. The molecule has 1 saturated heterocycles. The Morgan fingerprint density at radius 1 is 1.27 bits per heavy atom. The fourth-order valence-electron chi connectivity index (χ4n) is 4.44. The normalized spacial score (nSPS) is 29.8. The van der Waals surface area contributed by atoms with Gasteiger partial charge in [0.2, 0.25) is 0 Å². The van der Waals surface area contributed by atoms with E-state index in [9.17, 15) is 15.0 Å². The molecule has 0 unspecified atom stereocenters. The monoisotopic (exact) mass is 303 g/mol. The first kappa shape index (κ1) is 15.3. The first-order valence-corrected chi connectivity index (χ1v) is 8.15. The lowest BCUT2D eigenvalue weighted by molar-refractivity contribution is -0.0708. The Balaban J connectivity index is 1.90. The van der Waals surface area contributed by atoms with E-state index in [1.54, 1.807) is 0 Å². The van der Waals surface area contributed by atoms with Gasteiger partial charge in [0.05, 0.1) is 11.6 Å². The third-order valence-electron chi connectivity index (χ3n) is 5.59. The third kappa shape index (κ3) is 2.30. The molecule has 2 fully saturated rings. The van der Waals surface area contributed by atoms with Gasteiger partial charge in [-0.2, -0.15) is 0 Å². The minimum Gasteiger partial charge on any atom is -0.465 e. The second kappa shape index (κ2) is 5.27. The van der Waals surface area contributed by atoms with Crippen molar-refractivity contribution in [2.24, 2.45) is 11.3 Å². The lowest BCUT2D eigenvalue weighted by Gasteiger charge is -2.42. The molecule has 1 aromatic carbocycles. The largest absolute Gasteiger partial charge is 0.465 e. The number of hydrogen-bond acceptors (Lipinski definition) is 2. The van der Waals surface area contributed by atoms with Crippen molar-refractivity contribution in [3.63, 3.8) is 0 Å². The molecule has 1 aliphatic heterocycles. The Hall–Kier alpha value is -1.55. The second-order valence-corrected chi connectivity index (χ2v) is 7.28. The molecule has 1 amide bonds. The third-order valence-corrected chi connectivity index (χ3v) is 5.59. The topological polar surface area (TPSA) is 60.8 Å². The number of amides is 1. The van der Waals surface area contributed by atoms with Gasteiger partial charge in [0, 0.05) is 12.0 Å². The maximum Gasteiger partial charge on any atom is 0.407 e. The minimum absolute atomic E-state index is 0.108. The Bertz CT molecular complexity index is 553. The van der Waals surface area contributed by atoms with Crippen LogP contribution in [0.3, 0.4) is 0 Å². The molecule has 4 nitrogen and oxygen atoms in total. The van der Waals surface area contributed by atoms with Crippen molar-refractivity contribution in [3.8, 4) is 0 Å². The van der Waals surface area contributed by atoms with Crippen LogP contribution >= 0.6 is 0 Å². The summed E-state index contributed by atoms with van der Waals surface area (Å²) in [4.78, 5) is 13.0. The highest BCUT2D eigenvalue weighted by molar-refractivity contribution is 5.66. The van der Waals surface area contributed by atoms with Crippen molar-refractivity contribution in [3.05, 3.63) is 35.9 Å². The fourth-order valence-corrected chi connectivity index (χ4v) is 4.44. The quantitative estimate of drug-likeness (QED) is 0.898. The van der Waals surface area contributed by atoms with Crippen LogP contribution in [-0.2, 0) is 6.42 Å². The molecule has 1 aliphatic carbocycles. The minimum atomic E-state index is -0.912. The summed E-state index contributed by atoms with van der Waals surface area (Å²) >= 11 is 0. The van der Waals surface area contributed by atoms with Gasteiger partial charge in [-0.15, -0.1) is 0 Å². The number of carbonyl (C=O) groups is 1. The van der Waals surface area contributed by atoms with E-state index >= 15 is 0 Å². The van der Waals surface area contributed by atoms with Gasteiger partial charge in [0.25, 0.3) is 0 Å². The molecular formula is C18H25NO3. The number of nitrogens with zero attached hydrogens (tertiary/aromatic N) is 1. The Kier molecular flexibility index (Phi) is 3.68. The predicted octanol–water partition coefficient (Wildman–Crippen LogP) is 3.15. The Labute approximate surface area is 131 Å². The number of hydrogen-bond donors (Lipinski definition) is 2. The van der Waals surface area contributed by atoms with Crippen LogP contribution < -0.4 is 0 Å². The maximum absolute atomic E-state index is 11.5. The lowest BCUT2D eigenvalue weighted by atomic mass is 9.72. The van der Waals surface area contributed by atoms with Crippen molar-refractivity contribution in [2.75, 3.05) is 6.54 Å². The van der Waals surface area contributed by atoms with E-state index in [-0.39, 0.29) is 17.4 Å². The number of carboxylic acid groups (broad SMARTS) is 1. The SMILES string of the molecule is CC(C)[C@@H]1N(C(=O)O)CC[C@@]1(O)C1(Cc2ccccc2)CC1. The lowest BCUT2D eigenvalue weighted by Crippen LogP contribution is -2.55. The van der Waals surface area contributed by atoms with E-state index in [2.05, 4.69) is 12.1 Å². The highest BCUT2D eigenvalue weighted by Gasteiger charge is 2.65. The Morgan fingerprint density at radius 2 is 1.91 bits per heavy atom. The van der Waals surface area contributed by atoms with Crippen LogP contribution in [-0.4, -0.2) is 39.4 Å². The van der Waals surface area contributed by atoms with Crippen LogP contribution in [0.2, 0.25) is 0 Å². The van der Waals surface area contributed by atoms with Gasteiger partial charge in [-0.3, -0.25) is 0 Å². The molecule has 0 bridgehead atoms. The van der Waals surface area contributed by atoms with Gasteiger partial charge < -0.3 is 15.1 Å². The fraction of sp³-hybridized carbons (Fsp3) is 0.611. The standard InChI is InChI=1S/C18H25NO3/c1-13(2)15-18(22,10-11-19(15)16(20)21)17(8-9-17)12-14-6-4-3-5-7-14/h3-7,13,15,22H,8-12H2,1-2H3,(H,20,21)/t15-,18-/m0/s1. The van der Waals surface area contributed by atoms with Crippen LogP contribution in [0.25, 0.3) is 0 Å². The smallest absolute Gasteiger partial charge is 0.407 e. The zero-order valence-corrected chi connectivity index (χ0v) is 13.3. The molecule has 2 atom stereocenters. The molecule has 22 heavy (non-hydrogen) atoms. The van der Waals surface area contributed by atoms with Crippen LogP contribution in [0.5, 0.6) is 0 Å². The molecule has 1 saturated carbocycles. The number of aliphatic hydroxyl groups is 1. The number of likely N-dealkylation sites (tertiary alicyclic amines) is 1. The molecule has 0 aromatic heterocycles. The summed E-state index contributed by atoms with van der Waals surface area (Å²) in [7, 11) is 0. The molecule has 120 valence electrons. The molecule has 4 heteroatoms. The summed E-state index contributed by atoms with van der Waals surface area (Å²) in [5.41, 5.74) is 0.160. The average molecular weight is 303 g/mol. The van der Waals surface area contributed by atoms with E-state index in [0.29, 0.717) is 13.0 Å². The van der Waals surface area contributed by atoms with Crippen LogP contribution in [0.15, 0.2) is 30.3 Å². The first-order valence-electron chi connectivity index (χ1n) is 8.15. The number of rotatable bonds is 4. The molecule has 0 radical (unpaired) electrons. The van der Waals surface area contributed by atoms with E-state index < -0.39 is 11.7 Å². The highest BCUT2D eigenvalue weighted by atomic mass is 16.4. The molecule has 1 heterocycles. The summed E-state index contributed by atoms with van der Waals surface area (Å²) in [6.07, 6.45) is 2.44. The van der Waals surface area contributed by atoms with Gasteiger partial charge in [0.1, 0.15) is 0 Å². The molecule has 1 aromatic rings. The van der Waals surface area contributed by atoms with E-state index in [1.807, 2.05) is 32.0 Å². The van der Waals surface area contributed by atoms with E-state index in [4.69, 9.17) is 0 Å². The van der Waals surface area contributed by atoms with Gasteiger partial charge in [0.15, 0.2) is 0 Å². The summed E-state index contributed by atoms with van der Waals surface area (Å²) in [6.45, 7) is 4.45. The highest BCUT2D eigenvalue weighted by Crippen LogP contribution is 2.61. The molecule has 2 aliphatic rings. The van der Waals surface area contributed by atoms with Gasteiger partial charge in [-0.1, -0.05) is 44.2 Å². The van der Waals surface area contributed by atoms with Crippen molar-refractivity contribution in [1.82, 2.24) is 4.90 Å². The van der Waals surface area contributed by atoms with Crippen molar-refractivity contribution >= 4 is 6.09 Å². The van der Waals surface area contributed by atoms with Crippen molar-refractivity contribution in [1.29, 1.82) is 0 Å². The second-order valence-electron chi connectivity index (χ2n) is 7.28. The van der Waals surface area contributed by atoms with Crippen LogP contribution in [0, 0.1) is 11.3 Å². The van der Waals surface area contributed by atoms with E-state index in [0.717, 1.165) is 19.3 Å². The zero-order valence-electron chi connectivity index (χ0n) is 13.3. The zero-order chi connectivity index (χ0) is 16.0. The summed E-state index contributed by atoms with van der Waals surface area (Å²) < 4.78 is 0. The van der Waals surface area contributed by atoms with E-state index in [1.165, 1.54) is 10.5 Å². The molecule has 2 N–H and O–H groups in total. The van der Waals surface area contributed by atoms with Gasteiger partial charge in [-0.05, 0) is 37.2 Å². The molecule has 3 rings (SSSR count). The summed E-state index contributed by atoms with van der Waals surface area (Å²) in [6, 6.07) is 9.92. The molecule has 0 spiro atoms. The van der Waals surface area contributed by atoms with Crippen LogP contribution in [0.1, 0.15) is 38.7 Å². The molecular weight excluding hydrogens is 278 g/mol. The van der Waals surface area contributed by atoms with Gasteiger partial charge >= 0.3 is 6.09 Å².